The summed E-state index contributed by atoms with van der Waals surface area (Å²) < 4.78 is 19.1. The van der Waals surface area contributed by atoms with Gasteiger partial charge in [-0.25, -0.2) is 9.18 Å². The number of carboxylic acid groups (broad SMARTS) is 1. The van der Waals surface area contributed by atoms with E-state index in [-0.39, 0.29) is 0 Å². The Bertz CT molecular complexity index is 455. The van der Waals surface area contributed by atoms with Crippen LogP contribution in [0, 0.1) is 11.3 Å². The first-order valence-corrected chi connectivity index (χ1v) is 6.14. The number of ether oxygens (including phenoxy) is 1. The van der Waals surface area contributed by atoms with Crippen molar-refractivity contribution in [3.05, 3.63) is 11.8 Å². The summed E-state index contributed by atoms with van der Waals surface area (Å²) in [4.78, 5) is 22.1. The molecule has 5 atom stereocenters. The smallest absolute Gasteiger partial charge is 0.370 e. The van der Waals surface area contributed by atoms with Crippen LogP contribution < -0.4 is 5.32 Å². The SMILES string of the molecule is CC(=O)NC1[C@@H](C=N)C=C(C(=O)O)O[C@H]1C(F)C(O)CO. The number of carbonyl (C=O) groups is 2. The molecule has 0 aromatic rings. The predicted octanol–water partition coefficient (Wildman–Crippen LogP) is -1.18. The van der Waals surface area contributed by atoms with Gasteiger partial charge in [-0.05, 0) is 6.08 Å². The van der Waals surface area contributed by atoms with Crippen molar-refractivity contribution in [2.75, 3.05) is 6.61 Å². The van der Waals surface area contributed by atoms with Crippen LogP contribution in [0.4, 0.5) is 4.39 Å². The quantitative estimate of drug-likeness (QED) is 0.391. The van der Waals surface area contributed by atoms with E-state index in [1.807, 2.05) is 0 Å². The molecule has 0 spiro atoms. The molecule has 118 valence electrons. The van der Waals surface area contributed by atoms with Crippen LogP contribution >= 0.6 is 0 Å². The zero-order valence-corrected chi connectivity index (χ0v) is 11.2. The van der Waals surface area contributed by atoms with Gasteiger partial charge < -0.3 is 30.8 Å². The highest BCUT2D eigenvalue weighted by Gasteiger charge is 2.43. The Morgan fingerprint density at radius 1 is 1.62 bits per heavy atom. The molecule has 0 bridgehead atoms. The van der Waals surface area contributed by atoms with Crippen LogP contribution in [0.3, 0.4) is 0 Å². The molecule has 0 aliphatic carbocycles. The third-order valence-corrected chi connectivity index (χ3v) is 3.02. The first kappa shape index (κ1) is 17.1. The van der Waals surface area contributed by atoms with Crippen molar-refractivity contribution in [1.29, 1.82) is 5.41 Å². The summed E-state index contributed by atoms with van der Waals surface area (Å²) >= 11 is 0. The molecule has 1 amide bonds. The van der Waals surface area contributed by atoms with E-state index in [0.717, 1.165) is 12.3 Å². The van der Waals surface area contributed by atoms with E-state index in [2.05, 4.69) is 5.32 Å². The van der Waals surface area contributed by atoms with Crippen LogP contribution in [-0.4, -0.2) is 64.4 Å². The van der Waals surface area contributed by atoms with E-state index in [1.54, 1.807) is 0 Å². The van der Waals surface area contributed by atoms with Gasteiger partial charge in [0.25, 0.3) is 0 Å². The average Bonchev–Trinajstić information content (AvgIpc) is 2.44. The van der Waals surface area contributed by atoms with Crippen molar-refractivity contribution in [3.63, 3.8) is 0 Å². The molecule has 0 radical (unpaired) electrons. The number of aliphatic hydroxyl groups is 2. The van der Waals surface area contributed by atoms with Gasteiger partial charge in [0.2, 0.25) is 11.7 Å². The van der Waals surface area contributed by atoms with Crippen molar-refractivity contribution < 1.29 is 34.0 Å². The van der Waals surface area contributed by atoms with Gasteiger partial charge in [-0.1, -0.05) is 0 Å². The minimum absolute atomic E-state index is 0.529. The molecule has 0 aromatic carbocycles. The number of rotatable bonds is 6. The molecule has 9 heteroatoms. The predicted molar refractivity (Wildman–Crippen MR) is 68.5 cm³/mol. The minimum atomic E-state index is -2.14. The molecule has 8 nitrogen and oxygen atoms in total. The van der Waals surface area contributed by atoms with Gasteiger partial charge in [0.1, 0.15) is 6.10 Å². The largest absolute Gasteiger partial charge is 0.478 e. The second-order valence-electron chi connectivity index (χ2n) is 4.58. The normalized spacial score (nSPS) is 27.8. The monoisotopic (exact) mass is 304 g/mol. The Morgan fingerprint density at radius 3 is 2.67 bits per heavy atom. The van der Waals surface area contributed by atoms with Gasteiger partial charge in [-0.2, -0.15) is 0 Å². The Hall–Kier alpha value is -2.00. The zero-order valence-electron chi connectivity index (χ0n) is 11.2. The lowest BCUT2D eigenvalue weighted by Crippen LogP contribution is -2.57. The van der Waals surface area contributed by atoms with E-state index >= 15 is 0 Å². The van der Waals surface area contributed by atoms with Crippen molar-refractivity contribution in [2.24, 2.45) is 5.92 Å². The van der Waals surface area contributed by atoms with Gasteiger partial charge in [-0.3, -0.25) is 4.79 Å². The molecule has 1 aliphatic rings. The maximum Gasteiger partial charge on any atom is 0.370 e. The summed E-state index contributed by atoms with van der Waals surface area (Å²) in [6, 6.07) is -1.07. The fraction of sp³-hybridized carbons (Fsp3) is 0.583. The van der Waals surface area contributed by atoms with Gasteiger partial charge in [0, 0.05) is 19.1 Å². The van der Waals surface area contributed by atoms with Crippen molar-refractivity contribution >= 4 is 18.1 Å². The van der Waals surface area contributed by atoms with Crippen LogP contribution in [0.2, 0.25) is 0 Å². The number of aliphatic hydroxyl groups excluding tert-OH is 2. The molecule has 0 aromatic heterocycles. The lowest BCUT2D eigenvalue weighted by molar-refractivity contribution is -0.142. The van der Waals surface area contributed by atoms with Crippen molar-refractivity contribution in [2.45, 2.75) is 31.3 Å². The second kappa shape index (κ2) is 7.14. The molecule has 21 heavy (non-hydrogen) atoms. The number of aliphatic carboxylic acids is 1. The number of hydrogen-bond donors (Lipinski definition) is 5. The summed E-state index contributed by atoms with van der Waals surface area (Å²) in [6.07, 6.45) is -3.57. The number of hydrogen-bond acceptors (Lipinski definition) is 6. The van der Waals surface area contributed by atoms with Crippen LogP contribution in [0.25, 0.3) is 0 Å². The lowest BCUT2D eigenvalue weighted by Gasteiger charge is -2.37. The zero-order chi connectivity index (χ0) is 16.2. The number of nitrogens with one attached hydrogen (secondary N) is 2. The number of carboxylic acids is 1. The topological polar surface area (TPSA) is 140 Å². The Morgan fingerprint density at radius 2 is 2.24 bits per heavy atom. The molecule has 1 rings (SSSR count). The molecule has 0 saturated carbocycles. The number of halogens is 1. The van der Waals surface area contributed by atoms with Crippen LogP contribution in [0.5, 0.6) is 0 Å². The number of amides is 1. The Labute approximate surface area is 119 Å². The third kappa shape index (κ3) is 3.99. The maximum absolute atomic E-state index is 14.1. The number of alkyl halides is 1. The van der Waals surface area contributed by atoms with Crippen LogP contribution in [-0.2, 0) is 14.3 Å². The molecule has 3 unspecified atom stereocenters. The van der Waals surface area contributed by atoms with E-state index in [9.17, 15) is 19.1 Å². The van der Waals surface area contributed by atoms with Gasteiger partial charge in [-0.15, -0.1) is 0 Å². The van der Waals surface area contributed by atoms with Gasteiger partial charge in [0.05, 0.1) is 12.6 Å². The molecule has 5 N–H and O–H groups in total. The fourth-order valence-corrected chi connectivity index (χ4v) is 2.03. The summed E-state index contributed by atoms with van der Waals surface area (Å²) in [7, 11) is 0. The molecular formula is C12H17FN2O6. The average molecular weight is 304 g/mol. The highest BCUT2D eigenvalue weighted by atomic mass is 19.1. The van der Waals surface area contributed by atoms with Crippen molar-refractivity contribution in [1.82, 2.24) is 5.32 Å². The summed E-state index contributed by atoms with van der Waals surface area (Å²) in [5.41, 5.74) is 0. The van der Waals surface area contributed by atoms with Crippen molar-refractivity contribution in [3.8, 4) is 0 Å². The van der Waals surface area contributed by atoms with Gasteiger partial charge in [0.15, 0.2) is 12.3 Å². The van der Waals surface area contributed by atoms with Crippen LogP contribution in [0.15, 0.2) is 11.8 Å². The standard InChI is InChI=1S/C12H17FN2O6/c1-5(17)15-10-6(3-14)2-8(12(19)20)21-11(10)9(13)7(18)4-16/h2-3,6-7,9-11,14,16,18H,4H2,1H3,(H,15,17)(H,19,20)/t6-,7?,9?,10?,11+/m1/s1. The molecule has 0 saturated heterocycles. The first-order valence-electron chi connectivity index (χ1n) is 6.14. The molecule has 1 aliphatic heterocycles. The van der Waals surface area contributed by atoms with Gasteiger partial charge >= 0.3 is 5.97 Å². The summed E-state index contributed by atoms with van der Waals surface area (Å²) in [5, 5.41) is 36.7. The minimum Gasteiger partial charge on any atom is -0.478 e. The second-order valence-corrected chi connectivity index (χ2v) is 4.58. The summed E-state index contributed by atoms with van der Waals surface area (Å²) in [5.74, 6) is -3.48. The van der Waals surface area contributed by atoms with E-state index < -0.39 is 54.6 Å². The van der Waals surface area contributed by atoms with E-state index in [4.69, 9.17) is 20.4 Å². The fourth-order valence-electron chi connectivity index (χ4n) is 2.03. The Kier molecular flexibility index (Phi) is 5.79. The first-order chi connectivity index (χ1) is 9.81. The third-order valence-electron chi connectivity index (χ3n) is 3.02. The maximum atomic E-state index is 14.1. The van der Waals surface area contributed by atoms with E-state index in [0.29, 0.717) is 0 Å². The Balaban J connectivity index is 3.15. The number of carbonyl (C=O) groups excluding carboxylic acids is 1. The van der Waals surface area contributed by atoms with Crippen LogP contribution in [0.1, 0.15) is 6.92 Å². The highest BCUT2D eigenvalue weighted by molar-refractivity contribution is 5.86. The highest BCUT2D eigenvalue weighted by Crippen LogP contribution is 2.27. The molecular weight excluding hydrogens is 287 g/mol. The summed E-state index contributed by atoms with van der Waals surface area (Å²) in [6.45, 7) is 0.277. The lowest BCUT2D eigenvalue weighted by atomic mass is 9.88. The molecule has 0 fully saturated rings. The van der Waals surface area contributed by atoms with E-state index in [1.165, 1.54) is 6.92 Å². The molecule has 1 heterocycles.